The van der Waals surface area contributed by atoms with Gasteiger partial charge in [-0.2, -0.15) is 0 Å². The Morgan fingerprint density at radius 1 is 0.392 bits per heavy atom. The summed E-state index contributed by atoms with van der Waals surface area (Å²) in [4.78, 5) is 48.5. The fourth-order valence-corrected chi connectivity index (χ4v) is 7.86. The molecule has 3 atom stereocenters. The lowest BCUT2D eigenvalue weighted by Crippen LogP contribution is -2.30. The number of carbonyl (C=O) groups excluding carboxylic acids is 3. The van der Waals surface area contributed by atoms with E-state index in [0.29, 0.717) is 19.3 Å². The van der Waals surface area contributed by atoms with Crippen LogP contribution in [-0.2, 0) is 42.2 Å². The van der Waals surface area contributed by atoms with Crippen LogP contribution in [0.3, 0.4) is 0 Å². The average molecular weight is 1050 g/mol. The van der Waals surface area contributed by atoms with Crippen molar-refractivity contribution >= 4 is 25.7 Å². The van der Waals surface area contributed by atoms with E-state index in [-0.39, 0.29) is 25.9 Å². The van der Waals surface area contributed by atoms with Gasteiger partial charge in [0.2, 0.25) is 0 Å². The summed E-state index contributed by atoms with van der Waals surface area (Å²) in [6.45, 7) is 4.26. The predicted molar refractivity (Wildman–Crippen MR) is 306 cm³/mol. The largest absolute Gasteiger partial charge is 0.472 e. The highest BCUT2D eigenvalue weighted by Gasteiger charge is 2.28. The molecule has 0 aromatic heterocycles. The van der Waals surface area contributed by atoms with Gasteiger partial charge in [-0.15, -0.1) is 0 Å². The minimum absolute atomic E-state index is 0.133. The number of ether oxygens (including phenoxy) is 3. The van der Waals surface area contributed by atoms with Gasteiger partial charge in [-0.3, -0.25) is 23.4 Å². The maximum atomic E-state index is 12.9. The van der Waals surface area contributed by atoms with Crippen LogP contribution < -0.4 is 0 Å². The molecule has 0 fully saturated rings. The van der Waals surface area contributed by atoms with Crippen molar-refractivity contribution in [1.29, 1.82) is 0 Å². The molecule has 420 valence electrons. The molecule has 0 bridgehead atoms. The van der Waals surface area contributed by atoms with E-state index in [1.807, 2.05) is 0 Å². The molecule has 0 saturated carbocycles. The molecule has 0 aliphatic carbocycles. The summed E-state index contributed by atoms with van der Waals surface area (Å²) in [5, 5.41) is 9.80. The van der Waals surface area contributed by atoms with Gasteiger partial charge in [0.25, 0.3) is 0 Å². The van der Waals surface area contributed by atoms with Crippen LogP contribution in [0, 0.1) is 0 Å². The summed E-state index contributed by atoms with van der Waals surface area (Å²) in [5.41, 5.74) is 0. The zero-order valence-electron chi connectivity index (χ0n) is 46.3. The third-order valence-corrected chi connectivity index (χ3v) is 12.3. The Morgan fingerprint density at radius 2 is 0.703 bits per heavy atom. The van der Waals surface area contributed by atoms with E-state index in [0.717, 1.165) is 154 Å². The van der Waals surface area contributed by atoms with Crippen LogP contribution >= 0.6 is 7.82 Å². The van der Waals surface area contributed by atoms with Gasteiger partial charge in [0, 0.05) is 19.3 Å². The number of phosphoric acid groups is 1. The van der Waals surface area contributed by atoms with E-state index in [1.54, 1.807) is 0 Å². The van der Waals surface area contributed by atoms with Crippen molar-refractivity contribution in [1.82, 2.24) is 0 Å². The molecule has 0 heterocycles. The summed E-state index contributed by atoms with van der Waals surface area (Å²) < 4.78 is 39.4. The third kappa shape index (κ3) is 52.7. The normalized spacial score (nSPS) is 14.3. The second-order valence-corrected chi connectivity index (χ2v) is 19.8. The van der Waals surface area contributed by atoms with E-state index in [1.165, 1.54) is 0 Å². The second kappa shape index (κ2) is 55.1. The van der Waals surface area contributed by atoms with E-state index in [2.05, 4.69) is 142 Å². The number of aliphatic hydroxyl groups excluding tert-OH is 1. The van der Waals surface area contributed by atoms with Crippen LogP contribution in [0.15, 0.2) is 122 Å². The molecule has 0 amide bonds. The van der Waals surface area contributed by atoms with Crippen LogP contribution in [0.5, 0.6) is 0 Å². The smallest absolute Gasteiger partial charge is 0.462 e. The van der Waals surface area contributed by atoms with Crippen molar-refractivity contribution < 1.29 is 52.2 Å². The van der Waals surface area contributed by atoms with Crippen molar-refractivity contribution in [3.63, 3.8) is 0 Å². The van der Waals surface area contributed by atoms with Gasteiger partial charge in [-0.05, 0) is 122 Å². The molecule has 12 heteroatoms. The number of unbranched alkanes of at least 4 members (excludes halogenated alkanes) is 14. The van der Waals surface area contributed by atoms with Crippen LogP contribution in [0.25, 0.3) is 0 Å². The molecule has 0 saturated heterocycles. The molecule has 0 rings (SSSR count). The molecule has 2 N–H and O–H groups in total. The van der Waals surface area contributed by atoms with E-state index < -0.39 is 57.8 Å². The highest BCUT2D eigenvalue weighted by molar-refractivity contribution is 7.47. The number of aliphatic hydroxyl groups is 1. The van der Waals surface area contributed by atoms with Crippen molar-refractivity contribution in [2.24, 2.45) is 0 Å². The molecule has 3 unspecified atom stereocenters. The van der Waals surface area contributed by atoms with Crippen LogP contribution in [-0.4, -0.2) is 66.5 Å². The first-order chi connectivity index (χ1) is 36.2. The molecular formula is C62H101O11P. The Hall–Kier alpha value is -4.12. The number of hydrogen-bond acceptors (Lipinski definition) is 10. The standard InChI is InChI=1S/C62H101O11P/c1-4-7-10-13-16-19-22-25-27-28-29-30-32-34-36-39-42-45-48-51-60(64)69-55-59(73-62(66)53-50-47-44-41-38-35-31-26-23-20-17-14-11-8-5-2)57-71-74(67,68)70-56-58(54-63)72-61(65)52-49-46-43-40-37-33-24-21-18-15-12-9-6-3/h7-8,10-12,15-17,19-21,24-27,29-31,34,36,58-59,63H,4-6,9,13-14,18,22-23,28,32-33,35,37-57H2,1-3H3,(H,67,68)/b10-7-,11-8-,15-12-,19-16-,20-17-,24-21-,27-25-,30-29-,31-26-,36-34-. The number of allylic oxidation sites excluding steroid dienone is 20. The predicted octanol–water partition coefficient (Wildman–Crippen LogP) is 16.8. The average Bonchev–Trinajstić information content (AvgIpc) is 3.39. The topological polar surface area (TPSA) is 155 Å². The number of phosphoric ester groups is 1. The fourth-order valence-electron chi connectivity index (χ4n) is 7.08. The third-order valence-electron chi connectivity index (χ3n) is 11.3. The lowest BCUT2D eigenvalue weighted by Gasteiger charge is -2.21. The fraction of sp³-hybridized carbons (Fsp3) is 0.629. The first-order valence-corrected chi connectivity index (χ1v) is 29.9. The summed E-state index contributed by atoms with van der Waals surface area (Å²) in [6.07, 6.45) is 67.3. The Bertz CT molecular complexity index is 1700. The Kier molecular flexibility index (Phi) is 52.1. The SMILES string of the molecule is CC/C=C\C/C=C\C/C=C\C/C=C\C/C=C\CCCCCC(=O)OCC(COP(=O)(O)OCC(CO)OC(=O)CCCCCCC/C=C\C/C=C\CCC)OC(=O)CCCCCCC/C=C\C/C=C\C/C=C\CC. The number of esters is 3. The zero-order valence-corrected chi connectivity index (χ0v) is 47.2. The van der Waals surface area contributed by atoms with Gasteiger partial charge in [0.15, 0.2) is 6.10 Å². The first kappa shape index (κ1) is 69.9. The Balaban J connectivity index is 4.84. The molecule has 0 radical (unpaired) electrons. The van der Waals surface area contributed by atoms with Crippen molar-refractivity contribution in [3.8, 4) is 0 Å². The monoisotopic (exact) mass is 1050 g/mol. The van der Waals surface area contributed by atoms with Crippen molar-refractivity contribution in [2.45, 2.75) is 226 Å². The molecule has 0 aliphatic rings. The summed E-state index contributed by atoms with van der Waals surface area (Å²) in [5.74, 6) is -1.55. The lowest BCUT2D eigenvalue weighted by molar-refractivity contribution is -0.161. The molecule has 0 aromatic carbocycles. The van der Waals surface area contributed by atoms with Crippen molar-refractivity contribution in [3.05, 3.63) is 122 Å². The lowest BCUT2D eigenvalue weighted by atomic mass is 10.1. The Morgan fingerprint density at radius 3 is 1.09 bits per heavy atom. The minimum atomic E-state index is -4.77. The van der Waals surface area contributed by atoms with Gasteiger partial charge < -0.3 is 24.2 Å². The van der Waals surface area contributed by atoms with E-state index >= 15 is 0 Å². The number of rotatable bonds is 51. The molecule has 0 spiro atoms. The molecule has 74 heavy (non-hydrogen) atoms. The highest BCUT2D eigenvalue weighted by Crippen LogP contribution is 2.43. The quantitative estimate of drug-likeness (QED) is 0.0197. The number of hydrogen-bond donors (Lipinski definition) is 2. The van der Waals surface area contributed by atoms with Crippen LogP contribution in [0.1, 0.15) is 213 Å². The first-order valence-electron chi connectivity index (χ1n) is 28.4. The maximum Gasteiger partial charge on any atom is 0.472 e. The highest BCUT2D eigenvalue weighted by atomic mass is 31.2. The summed E-state index contributed by atoms with van der Waals surface area (Å²) in [7, 11) is -4.77. The summed E-state index contributed by atoms with van der Waals surface area (Å²) in [6, 6.07) is 0. The number of carbonyl (C=O) groups is 3. The second-order valence-electron chi connectivity index (χ2n) is 18.3. The zero-order chi connectivity index (χ0) is 54.1. The molecule has 11 nitrogen and oxygen atoms in total. The van der Waals surface area contributed by atoms with Crippen LogP contribution in [0.2, 0.25) is 0 Å². The molecule has 0 aromatic rings. The minimum Gasteiger partial charge on any atom is -0.462 e. The van der Waals surface area contributed by atoms with Gasteiger partial charge in [-0.25, -0.2) is 4.57 Å². The molecule has 0 aliphatic heterocycles. The van der Waals surface area contributed by atoms with E-state index in [4.69, 9.17) is 23.3 Å². The maximum absolute atomic E-state index is 12.9. The van der Waals surface area contributed by atoms with Crippen LogP contribution in [0.4, 0.5) is 0 Å². The van der Waals surface area contributed by atoms with E-state index in [9.17, 15) is 28.9 Å². The van der Waals surface area contributed by atoms with Gasteiger partial charge >= 0.3 is 25.7 Å². The van der Waals surface area contributed by atoms with Gasteiger partial charge in [0.1, 0.15) is 12.7 Å². The summed E-state index contributed by atoms with van der Waals surface area (Å²) >= 11 is 0. The van der Waals surface area contributed by atoms with Crippen molar-refractivity contribution in [2.75, 3.05) is 26.4 Å². The Labute approximate surface area is 449 Å². The molecular weight excluding hydrogens is 952 g/mol. The van der Waals surface area contributed by atoms with Gasteiger partial charge in [0.05, 0.1) is 19.8 Å². The van der Waals surface area contributed by atoms with Gasteiger partial charge in [-0.1, -0.05) is 194 Å².